The Morgan fingerprint density at radius 3 is 1.98 bits per heavy atom. The molecule has 0 atom stereocenters. The Hall–Kier alpha value is -4.23. The smallest absolute Gasteiger partial charge is 0.416 e. The second kappa shape index (κ2) is 9.13. The number of halogens is 4. The van der Waals surface area contributed by atoms with Crippen LogP contribution < -0.4 is 4.74 Å². The molecule has 3 nitrogen and oxygen atoms in total. The Morgan fingerprint density at radius 1 is 0.791 bits per heavy atom. The summed E-state index contributed by atoms with van der Waals surface area (Å²) >= 11 is 3.69. The van der Waals surface area contributed by atoms with Crippen LogP contribution in [0.5, 0.6) is 17.2 Å². The number of ether oxygens (including phenoxy) is 1. The first-order chi connectivity index (χ1) is 20.3. The Balaban J connectivity index is 1.56. The van der Waals surface area contributed by atoms with Crippen molar-refractivity contribution in [1.82, 2.24) is 0 Å². The van der Waals surface area contributed by atoms with Gasteiger partial charge in [-0.15, -0.1) is 0 Å². The van der Waals surface area contributed by atoms with Crippen molar-refractivity contribution in [3.8, 4) is 28.4 Å². The van der Waals surface area contributed by atoms with Crippen LogP contribution in [0.3, 0.4) is 0 Å². The minimum Gasteiger partial charge on any atom is -0.508 e. The van der Waals surface area contributed by atoms with Gasteiger partial charge >= 0.3 is 6.18 Å². The third kappa shape index (κ3) is 4.01. The summed E-state index contributed by atoms with van der Waals surface area (Å²) in [6.45, 7) is 5.91. The lowest BCUT2D eigenvalue weighted by atomic mass is 9.76. The van der Waals surface area contributed by atoms with E-state index in [-0.39, 0.29) is 11.5 Å². The molecule has 0 radical (unpaired) electrons. The molecule has 5 aromatic rings. The fraction of sp³-hybridized carbons (Fsp3) is 0.167. The Labute approximate surface area is 255 Å². The third-order valence-electron chi connectivity index (χ3n) is 8.83. The number of fused-ring (bicyclic) bond motifs is 8. The van der Waals surface area contributed by atoms with Crippen LogP contribution in [-0.4, -0.2) is 10.2 Å². The number of rotatable bonds is 2. The van der Waals surface area contributed by atoms with Gasteiger partial charge in [0.2, 0.25) is 0 Å². The maximum atomic E-state index is 13.8. The van der Waals surface area contributed by atoms with Crippen LogP contribution in [0.25, 0.3) is 28.0 Å². The molecule has 0 unspecified atom stereocenters. The Kier molecular flexibility index (Phi) is 5.86. The zero-order valence-electron chi connectivity index (χ0n) is 23.5. The quantitative estimate of drug-likeness (QED) is 0.201. The Bertz CT molecular complexity index is 1940. The number of aromatic hydroxyl groups is 2. The van der Waals surface area contributed by atoms with E-state index >= 15 is 0 Å². The van der Waals surface area contributed by atoms with Gasteiger partial charge in [-0.3, -0.25) is 0 Å². The minimum absolute atomic E-state index is 0.117. The number of hydrogen-bond acceptors (Lipinski definition) is 3. The van der Waals surface area contributed by atoms with Gasteiger partial charge in [-0.05, 0) is 94.7 Å². The van der Waals surface area contributed by atoms with Gasteiger partial charge < -0.3 is 14.9 Å². The number of aryl methyl sites for hydroxylation is 1. The van der Waals surface area contributed by atoms with Gasteiger partial charge in [0.05, 0.1) is 5.56 Å². The zero-order valence-corrected chi connectivity index (χ0v) is 25.1. The standard InChI is InChI=1S/C36H26BrF3O3/c1-19-16-28-27(18-30(19)37)31-25-13-8-22(36(38,39)40)17-29(25)34(2,3)32(31)26-14-15-35(43-33(26)28,20-4-9-23(41)10-5-20)21-6-11-24(42)12-7-21/h4-18,41-42H,1-3H3. The van der Waals surface area contributed by atoms with Gasteiger partial charge in [0.1, 0.15) is 17.2 Å². The van der Waals surface area contributed by atoms with E-state index in [4.69, 9.17) is 4.74 Å². The van der Waals surface area contributed by atoms with E-state index in [1.807, 2.05) is 45.1 Å². The maximum Gasteiger partial charge on any atom is 0.416 e. The molecule has 1 aliphatic carbocycles. The van der Waals surface area contributed by atoms with Crippen LogP contribution in [0.4, 0.5) is 13.2 Å². The lowest BCUT2D eigenvalue weighted by Gasteiger charge is -2.38. The van der Waals surface area contributed by atoms with Gasteiger partial charge in [0.15, 0.2) is 5.60 Å². The van der Waals surface area contributed by atoms with Crippen LogP contribution in [0.2, 0.25) is 0 Å². The first-order valence-electron chi connectivity index (χ1n) is 13.8. The lowest BCUT2D eigenvalue weighted by Crippen LogP contribution is -2.35. The van der Waals surface area contributed by atoms with Crippen molar-refractivity contribution < 1.29 is 28.1 Å². The normalized spacial score (nSPS) is 16.0. The van der Waals surface area contributed by atoms with Gasteiger partial charge in [-0.25, -0.2) is 0 Å². The number of phenolic OH excluding ortho intramolecular Hbond substituents is 2. The molecular formula is C36H26BrF3O3. The molecule has 0 bridgehead atoms. The van der Waals surface area contributed by atoms with E-state index < -0.39 is 22.8 Å². The first-order valence-corrected chi connectivity index (χ1v) is 14.6. The molecule has 1 heterocycles. The molecule has 0 fully saturated rings. The molecule has 43 heavy (non-hydrogen) atoms. The van der Waals surface area contributed by atoms with Crippen molar-refractivity contribution in [3.05, 3.63) is 128 Å². The van der Waals surface area contributed by atoms with E-state index in [9.17, 15) is 23.4 Å². The molecule has 1 aliphatic heterocycles. The van der Waals surface area contributed by atoms with Crippen molar-refractivity contribution in [2.24, 2.45) is 0 Å². The van der Waals surface area contributed by atoms with Crippen molar-refractivity contribution in [1.29, 1.82) is 0 Å². The fourth-order valence-corrected chi connectivity index (χ4v) is 7.03. The predicted octanol–water partition coefficient (Wildman–Crippen LogP) is 10.00. The molecule has 0 spiro atoms. The van der Waals surface area contributed by atoms with Gasteiger partial charge in [0.25, 0.3) is 0 Å². The van der Waals surface area contributed by atoms with Crippen molar-refractivity contribution in [2.45, 2.75) is 38.0 Å². The third-order valence-corrected chi connectivity index (χ3v) is 9.69. The van der Waals surface area contributed by atoms with Crippen LogP contribution in [0.1, 0.15) is 52.8 Å². The summed E-state index contributed by atoms with van der Waals surface area (Å²) < 4.78 is 49.6. The summed E-state index contributed by atoms with van der Waals surface area (Å²) in [7, 11) is 0. The van der Waals surface area contributed by atoms with E-state index in [1.165, 1.54) is 6.07 Å². The highest BCUT2D eigenvalue weighted by molar-refractivity contribution is 9.10. The molecule has 2 N–H and O–H groups in total. The number of hydrogen-bond donors (Lipinski definition) is 2. The highest BCUT2D eigenvalue weighted by Gasteiger charge is 2.45. The van der Waals surface area contributed by atoms with Crippen LogP contribution >= 0.6 is 15.9 Å². The average Bonchev–Trinajstić information content (AvgIpc) is 3.20. The summed E-state index contributed by atoms with van der Waals surface area (Å²) in [6, 6.07) is 21.7. The molecule has 2 aliphatic rings. The van der Waals surface area contributed by atoms with Crippen molar-refractivity contribution in [3.63, 3.8) is 0 Å². The van der Waals surface area contributed by atoms with Crippen molar-refractivity contribution >= 4 is 32.8 Å². The summed E-state index contributed by atoms with van der Waals surface area (Å²) in [5.41, 5.74) is 3.97. The van der Waals surface area contributed by atoms with Crippen LogP contribution in [0, 0.1) is 6.92 Å². The fourth-order valence-electron chi connectivity index (χ4n) is 6.68. The molecule has 0 saturated carbocycles. The molecule has 7 heteroatoms. The number of alkyl halides is 3. The predicted molar refractivity (Wildman–Crippen MR) is 166 cm³/mol. The molecule has 5 aromatic carbocycles. The van der Waals surface area contributed by atoms with E-state index in [0.29, 0.717) is 11.3 Å². The highest BCUT2D eigenvalue weighted by atomic mass is 79.9. The zero-order chi connectivity index (χ0) is 30.5. The maximum absolute atomic E-state index is 13.8. The second-order valence-corrected chi connectivity index (χ2v) is 12.6. The summed E-state index contributed by atoms with van der Waals surface area (Å²) in [4.78, 5) is 0. The van der Waals surface area contributed by atoms with E-state index in [1.54, 1.807) is 54.6 Å². The van der Waals surface area contributed by atoms with Crippen molar-refractivity contribution in [2.75, 3.05) is 0 Å². The van der Waals surface area contributed by atoms with Gasteiger partial charge in [0, 0.05) is 32.0 Å². The summed E-state index contributed by atoms with van der Waals surface area (Å²) in [5.74, 6) is 0.850. The SMILES string of the molecule is Cc1cc2c3c(c4c(c2cc1Br)-c1ccc(C(F)(F)F)cc1C4(C)C)C=CC(c1ccc(O)cc1)(c1ccc(O)cc1)O3. The topological polar surface area (TPSA) is 49.7 Å². The molecule has 7 rings (SSSR count). The van der Waals surface area contributed by atoms with Gasteiger partial charge in [-0.2, -0.15) is 13.2 Å². The largest absolute Gasteiger partial charge is 0.508 e. The lowest BCUT2D eigenvalue weighted by molar-refractivity contribution is -0.137. The van der Waals surface area contributed by atoms with Crippen LogP contribution in [-0.2, 0) is 17.2 Å². The molecule has 0 saturated heterocycles. The van der Waals surface area contributed by atoms with E-state index in [2.05, 4.69) is 15.9 Å². The first kappa shape index (κ1) is 27.6. The molecule has 0 aromatic heterocycles. The molecule has 0 amide bonds. The molecule has 216 valence electrons. The van der Waals surface area contributed by atoms with E-state index in [0.717, 1.165) is 60.3 Å². The van der Waals surface area contributed by atoms with Gasteiger partial charge in [-0.1, -0.05) is 66.2 Å². The average molecular weight is 643 g/mol. The Morgan fingerprint density at radius 2 is 1.40 bits per heavy atom. The monoisotopic (exact) mass is 642 g/mol. The number of phenols is 2. The second-order valence-electron chi connectivity index (χ2n) is 11.8. The van der Waals surface area contributed by atoms with Crippen LogP contribution in [0.15, 0.2) is 89.4 Å². The summed E-state index contributed by atoms with van der Waals surface area (Å²) in [5, 5.41) is 21.8. The molecular weight excluding hydrogens is 617 g/mol. The minimum atomic E-state index is -4.46. The summed E-state index contributed by atoms with van der Waals surface area (Å²) in [6.07, 6.45) is -0.503. The highest BCUT2D eigenvalue weighted by Crippen LogP contribution is 2.59. The number of benzene rings is 5.